The number of hydrogen-bond acceptors (Lipinski definition) is 2. The molecule has 4 rings (SSSR count). The zero-order valence-corrected chi connectivity index (χ0v) is 14.3. The SMILES string of the molecule is CN1CCC2(CCCN(C(=O)c3ccc(-c4ccccc4)[nH]3)C2)C1. The predicted molar refractivity (Wildman–Crippen MR) is 95.9 cm³/mol. The van der Waals surface area contributed by atoms with E-state index < -0.39 is 0 Å². The van der Waals surface area contributed by atoms with E-state index in [-0.39, 0.29) is 5.91 Å². The molecule has 126 valence electrons. The third-order valence-corrected chi connectivity index (χ3v) is 5.58. The summed E-state index contributed by atoms with van der Waals surface area (Å²) >= 11 is 0. The van der Waals surface area contributed by atoms with Crippen LogP contribution in [0.5, 0.6) is 0 Å². The van der Waals surface area contributed by atoms with E-state index in [1.807, 2.05) is 30.3 Å². The number of nitrogens with one attached hydrogen (secondary N) is 1. The Morgan fingerprint density at radius 3 is 2.62 bits per heavy atom. The Morgan fingerprint density at radius 2 is 1.88 bits per heavy atom. The quantitative estimate of drug-likeness (QED) is 0.921. The highest BCUT2D eigenvalue weighted by atomic mass is 16.2. The smallest absolute Gasteiger partial charge is 0.270 e. The second-order valence-electron chi connectivity index (χ2n) is 7.47. The predicted octanol–water partition coefficient (Wildman–Crippen LogP) is 3.24. The molecule has 0 bridgehead atoms. The van der Waals surface area contributed by atoms with Crippen molar-refractivity contribution in [1.82, 2.24) is 14.8 Å². The van der Waals surface area contributed by atoms with Crippen molar-refractivity contribution in [3.05, 3.63) is 48.2 Å². The lowest BCUT2D eigenvalue weighted by atomic mass is 9.79. The minimum Gasteiger partial charge on any atom is -0.351 e. The van der Waals surface area contributed by atoms with Gasteiger partial charge in [0.1, 0.15) is 5.69 Å². The molecular weight excluding hydrogens is 298 g/mol. The molecule has 4 heteroatoms. The van der Waals surface area contributed by atoms with Crippen molar-refractivity contribution in [2.45, 2.75) is 19.3 Å². The molecular formula is C20H25N3O. The van der Waals surface area contributed by atoms with Gasteiger partial charge < -0.3 is 14.8 Å². The maximum absolute atomic E-state index is 12.9. The van der Waals surface area contributed by atoms with Gasteiger partial charge in [0.05, 0.1) is 0 Å². The Bertz CT molecular complexity index is 719. The van der Waals surface area contributed by atoms with Crippen LogP contribution in [0.3, 0.4) is 0 Å². The van der Waals surface area contributed by atoms with Crippen molar-refractivity contribution in [2.24, 2.45) is 5.41 Å². The maximum atomic E-state index is 12.9. The summed E-state index contributed by atoms with van der Waals surface area (Å²) in [6.07, 6.45) is 3.58. The topological polar surface area (TPSA) is 39.3 Å². The van der Waals surface area contributed by atoms with Crippen LogP contribution in [-0.2, 0) is 0 Å². The van der Waals surface area contributed by atoms with E-state index in [9.17, 15) is 4.79 Å². The van der Waals surface area contributed by atoms with E-state index in [0.717, 1.165) is 43.9 Å². The zero-order valence-electron chi connectivity index (χ0n) is 14.3. The Morgan fingerprint density at radius 1 is 1.04 bits per heavy atom. The van der Waals surface area contributed by atoms with Crippen LogP contribution in [-0.4, -0.2) is 53.9 Å². The lowest BCUT2D eigenvalue weighted by Crippen LogP contribution is -2.47. The number of aromatic nitrogens is 1. The standard InChI is InChI=1S/C20H25N3O/c1-22-13-11-20(14-22)10-5-12-23(15-20)19(24)18-9-8-17(21-18)16-6-3-2-4-7-16/h2-4,6-9,21H,5,10-15H2,1H3. The average Bonchev–Trinajstić information content (AvgIpc) is 3.23. The molecule has 1 spiro atoms. The van der Waals surface area contributed by atoms with Crippen LogP contribution in [0.2, 0.25) is 0 Å². The molecule has 2 aliphatic rings. The summed E-state index contributed by atoms with van der Waals surface area (Å²) in [6.45, 7) is 4.05. The fraction of sp³-hybridized carbons (Fsp3) is 0.450. The van der Waals surface area contributed by atoms with Crippen LogP contribution < -0.4 is 0 Å². The van der Waals surface area contributed by atoms with Crippen molar-refractivity contribution in [2.75, 3.05) is 33.2 Å². The molecule has 2 aromatic rings. The Kier molecular flexibility index (Phi) is 3.93. The fourth-order valence-electron chi connectivity index (χ4n) is 4.35. The third kappa shape index (κ3) is 2.86. The molecule has 1 unspecified atom stereocenters. The fourth-order valence-corrected chi connectivity index (χ4v) is 4.35. The van der Waals surface area contributed by atoms with Crippen LogP contribution in [0.25, 0.3) is 11.3 Å². The molecule has 0 radical (unpaired) electrons. The first-order valence-electron chi connectivity index (χ1n) is 8.88. The van der Waals surface area contributed by atoms with E-state index >= 15 is 0 Å². The molecule has 24 heavy (non-hydrogen) atoms. The van der Waals surface area contributed by atoms with Crippen molar-refractivity contribution >= 4 is 5.91 Å². The van der Waals surface area contributed by atoms with Gasteiger partial charge in [-0.2, -0.15) is 0 Å². The summed E-state index contributed by atoms with van der Waals surface area (Å²) in [4.78, 5) is 20.7. The first kappa shape index (κ1) is 15.5. The zero-order chi connectivity index (χ0) is 16.6. The minimum atomic E-state index is 0.144. The largest absolute Gasteiger partial charge is 0.351 e. The molecule has 2 fully saturated rings. The summed E-state index contributed by atoms with van der Waals surface area (Å²) in [7, 11) is 2.19. The van der Waals surface area contributed by atoms with Crippen LogP contribution >= 0.6 is 0 Å². The number of carbonyl (C=O) groups is 1. The van der Waals surface area contributed by atoms with Crippen LogP contribution in [0.4, 0.5) is 0 Å². The van der Waals surface area contributed by atoms with Gasteiger partial charge in [-0.3, -0.25) is 4.79 Å². The van der Waals surface area contributed by atoms with E-state index in [4.69, 9.17) is 0 Å². The Balaban J connectivity index is 1.51. The number of aromatic amines is 1. The Labute approximate surface area is 143 Å². The molecule has 0 aliphatic carbocycles. The highest BCUT2D eigenvalue weighted by molar-refractivity contribution is 5.93. The molecule has 2 aliphatic heterocycles. The first-order chi connectivity index (χ1) is 11.7. The molecule has 3 heterocycles. The first-order valence-corrected chi connectivity index (χ1v) is 8.88. The van der Waals surface area contributed by atoms with Gasteiger partial charge in [-0.15, -0.1) is 0 Å². The molecule has 1 amide bonds. The monoisotopic (exact) mass is 323 g/mol. The van der Waals surface area contributed by atoms with Crippen LogP contribution in [0, 0.1) is 5.41 Å². The van der Waals surface area contributed by atoms with Crippen molar-refractivity contribution in [3.63, 3.8) is 0 Å². The number of piperidine rings is 1. The second kappa shape index (κ2) is 6.10. The Hall–Kier alpha value is -2.07. The highest BCUT2D eigenvalue weighted by Gasteiger charge is 2.41. The number of amides is 1. The molecule has 1 aromatic heterocycles. The number of carbonyl (C=O) groups excluding carboxylic acids is 1. The van der Waals surface area contributed by atoms with Crippen LogP contribution in [0.1, 0.15) is 29.8 Å². The minimum absolute atomic E-state index is 0.144. The molecule has 1 N–H and O–H groups in total. The van der Waals surface area contributed by atoms with Gasteiger partial charge in [-0.05, 0) is 50.6 Å². The van der Waals surface area contributed by atoms with E-state index in [2.05, 4.69) is 34.0 Å². The van der Waals surface area contributed by atoms with Crippen molar-refractivity contribution in [1.29, 1.82) is 0 Å². The lowest BCUT2D eigenvalue weighted by molar-refractivity contribution is 0.0530. The van der Waals surface area contributed by atoms with E-state index in [1.165, 1.54) is 12.8 Å². The molecule has 1 aromatic carbocycles. The van der Waals surface area contributed by atoms with E-state index in [0.29, 0.717) is 11.1 Å². The summed E-state index contributed by atoms with van der Waals surface area (Å²) in [5, 5.41) is 0. The highest BCUT2D eigenvalue weighted by Crippen LogP contribution is 2.38. The van der Waals surface area contributed by atoms with Gasteiger partial charge >= 0.3 is 0 Å². The van der Waals surface area contributed by atoms with Gasteiger partial charge in [0.2, 0.25) is 0 Å². The van der Waals surface area contributed by atoms with Gasteiger partial charge in [0.15, 0.2) is 0 Å². The second-order valence-corrected chi connectivity index (χ2v) is 7.47. The number of H-pyrrole nitrogens is 1. The lowest BCUT2D eigenvalue weighted by Gasteiger charge is -2.40. The normalized spacial score (nSPS) is 24.6. The summed E-state index contributed by atoms with van der Waals surface area (Å²) in [5.41, 5.74) is 3.14. The van der Waals surface area contributed by atoms with Crippen molar-refractivity contribution < 1.29 is 4.79 Å². The number of likely N-dealkylation sites (tertiary alicyclic amines) is 2. The van der Waals surface area contributed by atoms with Crippen molar-refractivity contribution in [3.8, 4) is 11.3 Å². The summed E-state index contributed by atoms with van der Waals surface area (Å²) in [6, 6.07) is 14.1. The van der Waals surface area contributed by atoms with Gasteiger partial charge in [-0.1, -0.05) is 30.3 Å². The number of rotatable bonds is 2. The number of hydrogen-bond donors (Lipinski definition) is 1. The molecule has 4 nitrogen and oxygen atoms in total. The van der Waals surface area contributed by atoms with Gasteiger partial charge in [0, 0.05) is 30.7 Å². The molecule has 2 saturated heterocycles. The molecule has 0 saturated carbocycles. The average molecular weight is 323 g/mol. The van der Waals surface area contributed by atoms with Gasteiger partial charge in [-0.25, -0.2) is 0 Å². The summed E-state index contributed by atoms with van der Waals surface area (Å²) in [5.74, 6) is 0.144. The molecule has 1 atom stereocenters. The maximum Gasteiger partial charge on any atom is 0.270 e. The van der Waals surface area contributed by atoms with E-state index in [1.54, 1.807) is 0 Å². The summed E-state index contributed by atoms with van der Waals surface area (Å²) < 4.78 is 0. The van der Waals surface area contributed by atoms with Crippen LogP contribution in [0.15, 0.2) is 42.5 Å². The van der Waals surface area contributed by atoms with Gasteiger partial charge in [0.25, 0.3) is 5.91 Å². The number of nitrogens with zero attached hydrogens (tertiary/aromatic N) is 2. The number of benzene rings is 1. The third-order valence-electron chi connectivity index (χ3n) is 5.58.